The molecule has 5 nitrogen and oxygen atoms in total. The number of aromatic amines is 1. The lowest BCUT2D eigenvalue weighted by molar-refractivity contribution is -0.118. The van der Waals surface area contributed by atoms with Crippen LogP contribution < -0.4 is 10.9 Å². The number of pyridine rings is 1. The third kappa shape index (κ3) is 2.38. The third-order valence-electron chi connectivity index (χ3n) is 2.62. The van der Waals surface area contributed by atoms with E-state index in [4.69, 9.17) is 0 Å². The molecule has 0 aliphatic rings. The summed E-state index contributed by atoms with van der Waals surface area (Å²) in [5, 5.41) is 3.63. The summed E-state index contributed by atoms with van der Waals surface area (Å²) in [6, 6.07) is 3.84. The maximum absolute atomic E-state index is 11.8. The summed E-state index contributed by atoms with van der Waals surface area (Å²) in [5.41, 5.74) is 1.41. The van der Waals surface area contributed by atoms with Crippen LogP contribution in [0, 0.1) is 6.92 Å². The molecule has 0 spiro atoms. The van der Waals surface area contributed by atoms with Gasteiger partial charge in [0.1, 0.15) is 5.52 Å². The van der Waals surface area contributed by atoms with Crippen molar-refractivity contribution in [3.8, 4) is 0 Å². The highest BCUT2D eigenvalue weighted by molar-refractivity contribution is 5.79. The second-order valence-corrected chi connectivity index (χ2v) is 4.08. The first kappa shape index (κ1) is 11.4. The van der Waals surface area contributed by atoms with E-state index >= 15 is 0 Å². The van der Waals surface area contributed by atoms with Gasteiger partial charge in [0.05, 0.1) is 0 Å². The lowest BCUT2D eigenvalue weighted by Gasteiger charge is -2.05. The van der Waals surface area contributed by atoms with Crippen LogP contribution in [0.1, 0.15) is 12.6 Å². The molecular formula is C12H15N3O2. The Balaban J connectivity index is 2.30. The van der Waals surface area contributed by atoms with Crippen molar-refractivity contribution in [2.24, 2.45) is 0 Å². The highest BCUT2D eigenvalue weighted by Crippen LogP contribution is 2.11. The van der Waals surface area contributed by atoms with E-state index < -0.39 is 0 Å². The Labute approximate surface area is 98.4 Å². The van der Waals surface area contributed by atoms with Gasteiger partial charge in [0.2, 0.25) is 5.91 Å². The average Bonchev–Trinajstić information content (AvgIpc) is 2.60. The number of fused-ring (bicyclic) bond motifs is 1. The summed E-state index contributed by atoms with van der Waals surface area (Å²) in [4.78, 5) is 25.3. The smallest absolute Gasteiger partial charge is 0.272 e. The van der Waals surface area contributed by atoms with Gasteiger partial charge in [-0.05, 0) is 19.1 Å². The second kappa shape index (κ2) is 4.45. The highest BCUT2D eigenvalue weighted by Gasteiger charge is 2.05. The van der Waals surface area contributed by atoms with Crippen LogP contribution in [-0.2, 0) is 11.3 Å². The zero-order valence-corrected chi connectivity index (χ0v) is 9.91. The lowest BCUT2D eigenvalue weighted by atomic mass is 10.3. The van der Waals surface area contributed by atoms with Gasteiger partial charge in [0.15, 0.2) is 0 Å². The number of hydrogen-bond acceptors (Lipinski definition) is 2. The minimum absolute atomic E-state index is 0.0637. The molecule has 0 atom stereocenters. The number of carbonyl (C=O) groups is 1. The average molecular weight is 233 g/mol. The molecule has 0 unspecified atom stereocenters. The number of carbonyl (C=O) groups excluding carboxylic acids is 1. The predicted molar refractivity (Wildman–Crippen MR) is 66.0 cm³/mol. The maximum atomic E-state index is 11.8. The van der Waals surface area contributed by atoms with Crippen molar-refractivity contribution in [2.45, 2.75) is 20.4 Å². The van der Waals surface area contributed by atoms with Gasteiger partial charge in [-0.25, -0.2) is 0 Å². The molecule has 0 saturated carbocycles. The number of rotatable bonds is 3. The van der Waals surface area contributed by atoms with E-state index in [0.717, 1.165) is 11.1 Å². The van der Waals surface area contributed by atoms with Crippen molar-refractivity contribution in [3.05, 3.63) is 34.4 Å². The van der Waals surface area contributed by atoms with Crippen LogP contribution in [0.5, 0.6) is 0 Å². The number of nitrogens with one attached hydrogen (secondary N) is 2. The Kier molecular flexibility index (Phi) is 2.99. The Hall–Kier alpha value is -2.04. The van der Waals surface area contributed by atoms with Crippen molar-refractivity contribution in [2.75, 3.05) is 6.54 Å². The van der Waals surface area contributed by atoms with Crippen LogP contribution in [0.2, 0.25) is 0 Å². The van der Waals surface area contributed by atoms with Gasteiger partial charge in [0.25, 0.3) is 5.56 Å². The summed E-state index contributed by atoms with van der Waals surface area (Å²) >= 11 is 0. The van der Waals surface area contributed by atoms with Crippen LogP contribution in [-0.4, -0.2) is 22.0 Å². The predicted octanol–water partition coefficient (Wildman–Crippen LogP) is 0.774. The van der Waals surface area contributed by atoms with Gasteiger partial charge < -0.3 is 14.9 Å². The van der Waals surface area contributed by atoms with Gasteiger partial charge in [-0.3, -0.25) is 9.59 Å². The van der Waals surface area contributed by atoms with Gasteiger partial charge >= 0.3 is 0 Å². The molecule has 2 aromatic heterocycles. The van der Waals surface area contributed by atoms with E-state index in [1.54, 1.807) is 0 Å². The minimum Gasteiger partial charge on any atom is -0.355 e. The molecule has 2 aromatic rings. The molecule has 17 heavy (non-hydrogen) atoms. The molecule has 0 radical (unpaired) electrons. The van der Waals surface area contributed by atoms with Gasteiger partial charge in [-0.2, -0.15) is 0 Å². The van der Waals surface area contributed by atoms with Crippen molar-refractivity contribution < 1.29 is 4.79 Å². The Morgan fingerprint density at radius 2 is 2.29 bits per heavy atom. The SMILES string of the molecule is CC(=O)NCCn1ccc2cc(C)[nH]c(=O)c21. The van der Waals surface area contributed by atoms with Crippen molar-refractivity contribution in [3.63, 3.8) is 0 Å². The molecule has 0 aliphatic heterocycles. The van der Waals surface area contributed by atoms with Crippen molar-refractivity contribution >= 4 is 16.8 Å². The number of nitrogens with zero attached hydrogens (tertiary/aromatic N) is 1. The summed E-state index contributed by atoms with van der Waals surface area (Å²) in [6.07, 6.45) is 1.86. The lowest BCUT2D eigenvalue weighted by Crippen LogP contribution is -2.25. The van der Waals surface area contributed by atoms with Crippen molar-refractivity contribution in [1.82, 2.24) is 14.9 Å². The fraction of sp³-hybridized carbons (Fsp3) is 0.333. The van der Waals surface area contributed by atoms with Gasteiger partial charge in [-0.1, -0.05) is 0 Å². The second-order valence-electron chi connectivity index (χ2n) is 4.08. The van der Waals surface area contributed by atoms with Crippen LogP contribution in [0.3, 0.4) is 0 Å². The molecule has 0 fully saturated rings. The molecule has 5 heteroatoms. The molecule has 0 saturated heterocycles. The summed E-state index contributed by atoms with van der Waals surface area (Å²) in [7, 11) is 0. The summed E-state index contributed by atoms with van der Waals surface area (Å²) in [6.45, 7) is 4.45. The summed E-state index contributed by atoms with van der Waals surface area (Å²) < 4.78 is 1.85. The summed E-state index contributed by atoms with van der Waals surface area (Å²) in [5.74, 6) is -0.0637. The van der Waals surface area contributed by atoms with Crippen LogP contribution in [0.25, 0.3) is 10.9 Å². The van der Waals surface area contributed by atoms with Crippen LogP contribution in [0.15, 0.2) is 23.1 Å². The van der Waals surface area contributed by atoms with Crippen LogP contribution in [0.4, 0.5) is 0 Å². The molecular weight excluding hydrogens is 218 g/mol. The molecule has 2 rings (SSSR count). The zero-order chi connectivity index (χ0) is 12.4. The normalized spacial score (nSPS) is 10.7. The third-order valence-corrected chi connectivity index (χ3v) is 2.62. The standard InChI is InChI=1S/C12H15N3O2/c1-8-7-10-3-5-15(6-4-13-9(2)16)11(10)12(17)14-8/h3,5,7H,4,6H2,1-2H3,(H,13,16)(H,14,17). The number of H-pyrrole nitrogens is 1. The van der Waals surface area contributed by atoms with Gasteiger partial charge in [-0.15, -0.1) is 0 Å². The molecule has 90 valence electrons. The molecule has 0 aliphatic carbocycles. The molecule has 2 N–H and O–H groups in total. The first-order valence-electron chi connectivity index (χ1n) is 5.51. The first-order valence-corrected chi connectivity index (χ1v) is 5.51. The molecule has 2 heterocycles. The maximum Gasteiger partial charge on any atom is 0.272 e. The zero-order valence-electron chi connectivity index (χ0n) is 9.91. The number of aryl methyl sites for hydroxylation is 1. The number of aromatic nitrogens is 2. The monoisotopic (exact) mass is 233 g/mol. The Morgan fingerprint density at radius 3 is 3.00 bits per heavy atom. The largest absolute Gasteiger partial charge is 0.355 e. The number of hydrogen-bond donors (Lipinski definition) is 2. The van der Waals surface area contributed by atoms with Crippen molar-refractivity contribution in [1.29, 1.82) is 0 Å². The molecule has 0 aromatic carbocycles. The minimum atomic E-state index is -0.0900. The van der Waals surface area contributed by atoms with E-state index in [1.807, 2.05) is 29.8 Å². The van der Waals surface area contributed by atoms with E-state index in [0.29, 0.717) is 18.6 Å². The fourth-order valence-corrected chi connectivity index (χ4v) is 1.91. The topological polar surface area (TPSA) is 66.9 Å². The van der Waals surface area contributed by atoms with E-state index in [1.165, 1.54) is 6.92 Å². The van der Waals surface area contributed by atoms with E-state index in [-0.39, 0.29) is 11.5 Å². The quantitative estimate of drug-likeness (QED) is 0.822. The molecule has 1 amide bonds. The Bertz CT molecular complexity index is 610. The first-order chi connectivity index (χ1) is 8.08. The number of amides is 1. The van der Waals surface area contributed by atoms with Gasteiger partial charge in [0, 0.05) is 37.3 Å². The highest BCUT2D eigenvalue weighted by atomic mass is 16.1. The Morgan fingerprint density at radius 1 is 1.53 bits per heavy atom. The van der Waals surface area contributed by atoms with E-state index in [9.17, 15) is 9.59 Å². The van der Waals surface area contributed by atoms with Crippen LogP contribution >= 0.6 is 0 Å². The van der Waals surface area contributed by atoms with E-state index in [2.05, 4.69) is 10.3 Å². The molecule has 0 bridgehead atoms. The fourth-order valence-electron chi connectivity index (χ4n) is 1.91.